The average Bonchev–Trinajstić information content (AvgIpc) is 2.41. The maximum atomic E-state index is 12.3. The molecule has 0 radical (unpaired) electrons. The molecule has 1 rings (SSSR count). The topological polar surface area (TPSA) is 29.5 Å². The Bertz CT molecular complexity index is 358. The van der Waals surface area contributed by atoms with Crippen LogP contribution >= 0.6 is 0 Å². The third kappa shape index (κ3) is 4.67. The Morgan fingerprint density at radius 1 is 1.11 bits per heavy atom. The Kier molecular flexibility index (Phi) is 7.19. The summed E-state index contributed by atoms with van der Waals surface area (Å²) in [6.07, 6.45) is 2.06. The van der Waals surface area contributed by atoms with Gasteiger partial charge in [0.15, 0.2) is 0 Å². The zero-order valence-corrected chi connectivity index (χ0v) is 12.3. The van der Waals surface area contributed by atoms with Gasteiger partial charge in [-0.3, -0.25) is 4.90 Å². The fraction of sp³-hybridized carbons (Fsp3) is 0.562. The molecule has 3 heteroatoms. The molecule has 0 N–H and O–H groups in total. The van der Waals surface area contributed by atoms with Crippen molar-refractivity contribution in [1.82, 2.24) is 4.90 Å². The van der Waals surface area contributed by atoms with Crippen molar-refractivity contribution >= 4 is 5.97 Å². The van der Waals surface area contributed by atoms with Crippen molar-refractivity contribution in [3.63, 3.8) is 0 Å². The maximum absolute atomic E-state index is 12.3. The molecule has 0 aromatic heterocycles. The van der Waals surface area contributed by atoms with Crippen LogP contribution in [0.2, 0.25) is 0 Å². The highest BCUT2D eigenvalue weighted by Gasteiger charge is 2.27. The first-order valence-electron chi connectivity index (χ1n) is 7.20. The molecule has 0 spiro atoms. The molecule has 0 bridgehead atoms. The summed E-state index contributed by atoms with van der Waals surface area (Å²) in [5.74, 6) is -0.143. The maximum Gasteiger partial charge on any atom is 0.327 e. The number of rotatable bonds is 8. The molecule has 0 aliphatic heterocycles. The van der Waals surface area contributed by atoms with Gasteiger partial charge in [-0.05, 0) is 38.4 Å². The van der Waals surface area contributed by atoms with Crippen molar-refractivity contribution in [2.24, 2.45) is 0 Å². The van der Waals surface area contributed by atoms with Gasteiger partial charge in [-0.25, -0.2) is 4.79 Å². The van der Waals surface area contributed by atoms with Gasteiger partial charge in [-0.15, -0.1) is 0 Å². The van der Waals surface area contributed by atoms with Crippen molar-refractivity contribution in [2.45, 2.75) is 39.7 Å². The molecule has 19 heavy (non-hydrogen) atoms. The van der Waals surface area contributed by atoms with Crippen molar-refractivity contribution in [3.05, 3.63) is 35.9 Å². The number of ether oxygens (including phenoxy) is 1. The zero-order chi connectivity index (χ0) is 14.1. The Morgan fingerprint density at radius 3 is 2.16 bits per heavy atom. The van der Waals surface area contributed by atoms with Gasteiger partial charge in [0, 0.05) is 0 Å². The monoisotopic (exact) mass is 263 g/mol. The third-order valence-corrected chi connectivity index (χ3v) is 3.01. The molecular weight excluding hydrogens is 238 g/mol. The van der Waals surface area contributed by atoms with Gasteiger partial charge in [-0.1, -0.05) is 44.2 Å². The molecule has 1 aromatic rings. The minimum atomic E-state index is -0.277. The van der Waals surface area contributed by atoms with Crippen LogP contribution in [-0.4, -0.2) is 30.6 Å². The highest BCUT2D eigenvalue weighted by molar-refractivity contribution is 5.77. The number of esters is 1. The minimum absolute atomic E-state index is 0.143. The van der Waals surface area contributed by atoms with Gasteiger partial charge in [0.1, 0.15) is 6.04 Å². The van der Waals surface area contributed by atoms with E-state index < -0.39 is 0 Å². The normalized spacial score (nSPS) is 12.4. The highest BCUT2D eigenvalue weighted by Crippen LogP contribution is 2.23. The standard InChI is InChI=1S/C16H25NO2/c1-4-12-17(13-5-2)15(16(18)19-6-3)14-10-8-7-9-11-14/h7-11,15H,4-6,12-13H2,1-3H3. The van der Waals surface area contributed by atoms with E-state index in [-0.39, 0.29) is 12.0 Å². The summed E-state index contributed by atoms with van der Waals surface area (Å²) in [7, 11) is 0. The lowest BCUT2D eigenvalue weighted by Gasteiger charge is -2.29. The van der Waals surface area contributed by atoms with E-state index in [1.807, 2.05) is 37.3 Å². The number of hydrogen-bond donors (Lipinski definition) is 0. The van der Waals surface area contributed by atoms with E-state index in [0.29, 0.717) is 6.61 Å². The van der Waals surface area contributed by atoms with Crippen LogP contribution in [0.3, 0.4) is 0 Å². The van der Waals surface area contributed by atoms with Crippen LogP contribution in [0.25, 0.3) is 0 Å². The molecular formula is C16H25NO2. The fourth-order valence-electron chi connectivity index (χ4n) is 2.30. The predicted octanol–water partition coefficient (Wildman–Crippen LogP) is 3.41. The van der Waals surface area contributed by atoms with Gasteiger partial charge < -0.3 is 4.74 Å². The van der Waals surface area contributed by atoms with E-state index in [9.17, 15) is 4.79 Å². The summed E-state index contributed by atoms with van der Waals surface area (Å²) in [5.41, 5.74) is 1.02. The Morgan fingerprint density at radius 2 is 1.68 bits per heavy atom. The lowest BCUT2D eigenvalue weighted by molar-refractivity contribution is -0.150. The smallest absolute Gasteiger partial charge is 0.327 e. The molecule has 0 saturated carbocycles. The molecule has 3 nitrogen and oxygen atoms in total. The van der Waals surface area contributed by atoms with Crippen LogP contribution in [0.15, 0.2) is 30.3 Å². The summed E-state index contributed by atoms with van der Waals surface area (Å²) in [6, 6.07) is 9.63. The van der Waals surface area contributed by atoms with Gasteiger partial charge in [0.25, 0.3) is 0 Å². The van der Waals surface area contributed by atoms with Crippen molar-refractivity contribution in [2.75, 3.05) is 19.7 Å². The molecule has 0 saturated heterocycles. The lowest BCUT2D eigenvalue weighted by atomic mass is 10.0. The molecule has 1 unspecified atom stereocenters. The predicted molar refractivity (Wildman–Crippen MR) is 78.0 cm³/mol. The van der Waals surface area contributed by atoms with Gasteiger partial charge in [-0.2, -0.15) is 0 Å². The van der Waals surface area contributed by atoms with Crippen LogP contribution in [0, 0.1) is 0 Å². The number of carbonyl (C=O) groups is 1. The third-order valence-electron chi connectivity index (χ3n) is 3.01. The van der Waals surface area contributed by atoms with Gasteiger partial charge in [0.2, 0.25) is 0 Å². The summed E-state index contributed by atoms with van der Waals surface area (Å²) in [5, 5.41) is 0. The van der Waals surface area contributed by atoms with E-state index in [2.05, 4.69) is 18.7 Å². The molecule has 0 aliphatic rings. The van der Waals surface area contributed by atoms with Crippen molar-refractivity contribution in [3.8, 4) is 0 Å². The fourth-order valence-corrected chi connectivity index (χ4v) is 2.30. The largest absolute Gasteiger partial charge is 0.465 e. The number of benzene rings is 1. The van der Waals surface area contributed by atoms with Crippen LogP contribution in [0.4, 0.5) is 0 Å². The van der Waals surface area contributed by atoms with E-state index in [0.717, 1.165) is 31.5 Å². The van der Waals surface area contributed by atoms with Crippen molar-refractivity contribution in [1.29, 1.82) is 0 Å². The molecule has 106 valence electrons. The molecule has 0 amide bonds. The van der Waals surface area contributed by atoms with E-state index in [1.54, 1.807) is 0 Å². The summed E-state index contributed by atoms with van der Waals surface area (Å²) < 4.78 is 5.25. The molecule has 1 aromatic carbocycles. The molecule has 0 fully saturated rings. The quantitative estimate of drug-likeness (QED) is 0.673. The van der Waals surface area contributed by atoms with Crippen LogP contribution in [-0.2, 0) is 9.53 Å². The first kappa shape index (κ1) is 15.7. The van der Waals surface area contributed by atoms with Gasteiger partial charge in [0.05, 0.1) is 6.61 Å². The first-order valence-corrected chi connectivity index (χ1v) is 7.20. The summed E-state index contributed by atoms with van der Waals surface area (Å²) in [6.45, 7) is 8.36. The molecule has 0 aliphatic carbocycles. The second kappa shape index (κ2) is 8.70. The Balaban J connectivity index is 2.99. The van der Waals surface area contributed by atoms with E-state index in [1.165, 1.54) is 0 Å². The van der Waals surface area contributed by atoms with Crippen LogP contribution in [0.1, 0.15) is 45.2 Å². The average molecular weight is 263 g/mol. The molecule has 0 heterocycles. The number of carbonyl (C=O) groups excluding carboxylic acids is 1. The Hall–Kier alpha value is -1.35. The minimum Gasteiger partial charge on any atom is -0.465 e. The number of nitrogens with zero attached hydrogens (tertiary/aromatic N) is 1. The second-order valence-corrected chi connectivity index (χ2v) is 4.60. The summed E-state index contributed by atoms with van der Waals surface area (Å²) in [4.78, 5) is 14.5. The zero-order valence-electron chi connectivity index (χ0n) is 12.3. The number of hydrogen-bond acceptors (Lipinski definition) is 3. The first-order chi connectivity index (χ1) is 9.24. The molecule has 1 atom stereocenters. The Labute approximate surface area is 116 Å². The SMILES string of the molecule is CCCN(CCC)C(C(=O)OCC)c1ccccc1. The van der Waals surface area contributed by atoms with E-state index in [4.69, 9.17) is 4.74 Å². The van der Waals surface area contributed by atoms with Crippen molar-refractivity contribution < 1.29 is 9.53 Å². The second-order valence-electron chi connectivity index (χ2n) is 4.60. The van der Waals surface area contributed by atoms with Gasteiger partial charge >= 0.3 is 5.97 Å². The highest BCUT2D eigenvalue weighted by atomic mass is 16.5. The summed E-state index contributed by atoms with van der Waals surface area (Å²) >= 11 is 0. The van der Waals surface area contributed by atoms with E-state index >= 15 is 0 Å². The van der Waals surface area contributed by atoms with Crippen LogP contribution < -0.4 is 0 Å². The van der Waals surface area contributed by atoms with Crippen LogP contribution in [0.5, 0.6) is 0 Å². The lowest BCUT2D eigenvalue weighted by Crippen LogP contribution is -2.36.